The average Bonchev–Trinajstić information content (AvgIpc) is 1.97. The molecule has 0 saturated carbocycles. The smallest absolute Gasteiger partial charge is 0.143 e. The quantitative estimate of drug-likeness (QED) is 0.308. The Labute approximate surface area is 96.8 Å². The van der Waals surface area contributed by atoms with Crippen molar-refractivity contribution in [1.29, 1.82) is 0 Å². The van der Waals surface area contributed by atoms with Crippen LogP contribution >= 0.6 is 91.1 Å². The predicted octanol–water partition coefficient (Wildman–Crippen LogP) is 4.65. The van der Waals surface area contributed by atoms with Crippen LogP contribution in [0.1, 0.15) is 0 Å². The topological polar surface area (TPSA) is 0 Å². The molecule has 0 heterocycles. The van der Waals surface area contributed by atoms with Crippen molar-refractivity contribution in [3.8, 4) is 0 Å². The molecular weight excluding hydrogens is 299 g/mol. The summed E-state index contributed by atoms with van der Waals surface area (Å²) in [7, 11) is 15.9. The predicted molar refractivity (Wildman–Crippen MR) is 78.3 cm³/mol. The van der Waals surface area contributed by atoms with E-state index in [1.165, 1.54) is 9.83 Å². The molecule has 0 aromatic rings. The van der Waals surface area contributed by atoms with E-state index in [0.717, 1.165) is 0 Å². The third-order valence-corrected chi connectivity index (χ3v) is 15.6. The standard InChI is InChI=1S/BH3S9/c1-3-5-7-9-10-8-6-4-2/h2H,1H2. The molecule has 10 heteroatoms. The van der Waals surface area contributed by atoms with Gasteiger partial charge in [0.2, 0.25) is 0 Å². The molecule has 0 amide bonds. The second kappa shape index (κ2) is 12.2. The Balaban J connectivity index is 2.65. The van der Waals surface area contributed by atoms with Gasteiger partial charge in [0, 0.05) is 0 Å². The summed E-state index contributed by atoms with van der Waals surface area (Å²) in [6.07, 6.45) is 0. The summed E-state index contributed by atoms with van der Waals surface area (Å²) in [6.45, 7) is 0. The summed E-state index contributed by atoms with van der Waals surface area (Å²) in [6, 6.07) is 0. The molecule has 0 bridgehead atoms. The number of hydrogen-bond donors (Lipinski definition) is 1. The maximum Gasteiger partial charge on any atom is 0.189 e. The highest BCUT2D eigenvalue weighted by Gasteiger charge is 1.92. The minimum Gasteiger partial charge on any atom is -0.143 e. The maximum absolute atomic E-state index is 3.98. The monoisotopic (exact) mass is 302 g/mol. The first-order valence-electron chi connectivity index (χ1n) is 1.76. The van der Waals surface area contributed by atoms with Crippen LogP contribution in [0.25, 0.3) is 0 Å². The van der Waals surface area contributed by atoms with Gasteiger partial charge in [-0.2, -0.15) is 0 Å². The van der Waals surface area contributed by atoms with E-state index in [9.17, 15) is 0 Å². The molecule has 0 N–H and O–H groups in total. The molecule has 0 nitrogen and oxygen atoms in total. The van der Waals surface area contributed by atoms with Crippen molar-refractivity contribution in [2.24, 2.45) is 0 Å². The fourth-order valence-corrected chi connectivity index (χ4v) is 16.3. The van der Waals surface area contributed by atoms with Crippen molar-refractivity contribution in [2.75, 3.05) is 0 Å². The van der Waals surface area contributed by atoms with Gasteiger partial charge in [-0.1, -0.05) is 11.7 Å². The first-order chi connectivity index (χ1) is 4.91. The van der Waals surface area contributed by atoms with Gasteiger partial charge in [-0.3, -0.25) is 0 Å². The molecule has 0 aliphatic heterocycles. The van der Waals surface area contributed by atoms with E-state index in [-0.39, 0.29) is 0 Å². The molecule has 0 fully saturated rings. The van der Waals surface area contributed by atoms with Crippen molar-refractivity contribution in [3.63, 3.8) is 0 Å². The largest absolute Gasteiger partial charge is 0.189 e. The highest BCUT2D eigenvalue weighted by molar-refractivity contribution is 9.51. The summed E-state index contributed by atoms with van der Waals surface area (Å²) in [4.78, 5) is 0. The summed E-state index contributed by atoms with van der Waals surface area (Å²) in [5, 5.41) is 0. The van der Waals surface area contributed by atoms with E-state index in [4.69, 9.17) is 0 Å². The number of hydrogen-bond acceptors (Lipinski definition) is 9. The van der Waals surface area contributed by atoms with Crippen molar-refractivity contribution in [2.45, 2.75) is 0 Å². The Morgan fingerprint density at radius 2 is 1.30 bits per heavy atom. The van der Waals surface area contributed by atoms with Gasteiger partial charge in [0.05, 0.1) is 0 Å². The molecule has 0 rings (SSSR count). The van der Waals surface area contributed by atoms with E-state index in [1.54, 1.807) is 69.6 Å². The van der Waals surface area contributed by atoms with Gasteiger partial charge in [0.15, 0.2) is 7.12 Å². The SMILES string of the molecule is BSSSSSSSSS. The Morgan fingerprint density at radius 1 is 0.800 bits per heavy atom. The summed E-state index contributed by atoms with van der Waals surface area (Å²) < 4.78 is 0. The zero-order valence-corrected chi connectivity index (χ0v) is 12.1. The zero-order valence-electron chi connectivity index (χ0n) is 4.71. The second-order valence-corrected chi connectivity index (χ2v) is 14.5. The van der Waals surface area contributed by atoms with Crippen molar-refractivity contribution < 1.29 is 0 Å². The fourth-order valence-electron chi connectivity index (χ4n) is 0.0856. The van der Waals surface area contributed by atoms with E-state index in [1.807, 2.05) is 0 Å². The van der Waals surface area contributed by atoms with Crippen LogP contribution in [0, 0.1) is 0 Å². The van der Waals surface area contributed by atoms with Crippen molar-refractivity contribution in [1.82, 2.24) is 0 Å². The minimum atomic E-state index is 1.48. The van der Waals surface area contributed by atoms with Crippen LogP contribution < -0.4 is 0 Å². The number of rotatable bonds is 7. The van der Waals surface area contributed by atoms with Crippen LogP contribution in [0.5, 0.6) is 0 Å². The lowest BCUT2D eigenvalue weighted by Gasteiger charge is -1.93. The molecule has 60 valence electrons. The Hall–Kier alpha value is 3.21. The molecule has 0 atom stereocenters. The van der Waals surface area contributed by atoms with Crippen LogP contribution in [0.15, 0.2) is 0 Å². The Morgan fingerprint density at radius 3 is 1.80 bits per heavy atom. The van der Waals surface area contributed by atoms with Crippen LogP contribution in [-0.2, 0) is 0 Å². The molecule has 0 aromatic carbocycles. The molecule has 0 aliphatic rings. The van der Waals surface area contributed by atoms with E-state index in [0.29, 0.717) is 0 Å². The fraction of sp³-hybridized carbons (Fsp3) is 0. The molecule has 0 aliphatic carbocycles. The van der Waals surface area contributed by atoms with E-state index in [2.05, 4.69) is 18.8 Å². The highest BCUT2D eigenvalue weighted by Crippen LogP contribution is 2.56. The third-order valence-electron chi connectivity index (χ3n) is 0.237. The Bertz CT molecular complexity index is 44.7. The van der Waals surface area contributed by atoms with Crippen molar-refractivity contribution in [3.05, 3.63) is 0 Å². The molecule has 0 saturated heterocycles. The second-order valence-electron chi connectivity index (χ2n) is 0.649. The zero-order chi connectivity index (χ0) is 7.66. The first kappa shape index (κ1) is 13.2. The molecule has 0 spiro atoms. The highest BCUT2D eigenvalue weighted by atomic mass is 34.0. The van der Waals surface area contributed by atoms with Gasteiger partial charge in [-0.05, 0) is 68.8 Å². The molecule has 0 aromatic heterocycles. The average molecular weight is 302 g/mol. The van der Waals surface area contributed by atoms with Gasteiger partial charge in [-0.25, -0.2) is 0 Å². The van der Waals surface area contributed by atoms with Gasteiger partial charge in [-0.15, -0.1) is 10.6 Å². The molecule has 10 heavy (non-hydrogen) atoms. The van der Waals surface area contributed by atoms with Gasteiger partial charge >= 0.3 is 0 Å². The molecule has 0 radical (unpaired) electrons. The summed E-state index contributed by atoms with van der Waals surface area (Å²) in [5.41, 5.74) is 0. The lowest BCUT2D eigenvalue weighted by Crippen LogP contribution is -1.33. The minimum absolute atomic E-state index is 1.48. The Kier molecular flexibility index (Phi) is 16.1. The normalized spacial score (nSPS) is 10.1. The van der Waals surface area contributed by atoms with Gasteiger partial charge in [0.25, 0.3) is 0 Å². The number of thiol groups is 1. The van der Waals surface area contributed by atoms with Gasteiger partial charge in [0.1, 0.15) is 0 Å². The third kappa shape index (κ3) is 11.2. The van der Waals surface area contributed by atoms with E-state index < -0.39 is 0 Å². The van der Waals surface area contributed by atoms with Crippen molar-refractivity contribution >= 4 is 98.2 Å². The molecule has 0 unspecified atom stereocenters. The lowest BCUT2D eigenvalue weighted by molar-refractivity contribution is 5.21. The first-order valence-corrected chi connectivity index (χ1v) is 13.4. The maximum atomic E-state index is 3.98. The summed E-state index contributed by atoms with van der Waals surface area (Å²) in [5.74, 6) is 0. The molecular formula is H3BS9. The van der Waals surface area contributed by atoms with E-state index >= 15 is 0 Å². The van der Waals surface area contributed by atoms with Gasteiger partial charge < -0.3 is 0 Å². The van der Waals surface area contributed by atoms with Crippen LogP contribution in [-0.4, -0.2) is 7.12 Å². The van der Waals surface area contributed by atoms with Crippen LogP contribution in [0.2, 0.25) is 0 Å². The van der Waals surface area contributed by atoms with Crippen LogP contribution in [0.4, 0.5) is 0 Å². The summed E-state index contributed by atoms with van der Waals surface area (Å²) >= 11 is 3.98. The lowest BCUT2D eigenvalue weighted by atomic mass is 10.8. The van der Waals surface area contributed by atoms with Crippen LogP contribution in [0.3, 0.4) is 0 Å².